The lowest BCUT2D eigenvalue weighted by atomic mass is 10.2. The van der Waals surface area contributed by atoms with E-state index in [1.54, 1.807) is 0 Å². The second-order valence-corrected chi connectivity index (χ2v) is 6.05. The zero-order chi connectivity index (χ0) is 17.1. The van der Waals surface area contributed by atoms with Gasteiger partial charge in [0.25, 0.3) is 0 Å². The average molecular weight is 333 g/mol. The topological polar surface area (TPSA) is 87.7 Å². The Morgan fingerprint density at radius 2 is 2.08 bits per heavy atom. The Kier molecular flexibility index (Phi) is 4.82. The lowest BCUT2D eigenvalue weighted by molar-refractivity contribution is -0.134. The number of aryl methyl sites for hydroxylation is 1. The van der Waals surface area contributed by atoms with Crippen LogP contribution in [0.15, 0.2) is 6.07 Å². The zero-order valence-corrected chi connectivity index (χ0v) is 14.1. The summed E-state index contributed by atoms with van der Waals surface area (Å²) in [5.41, 5.74) is 0.857. The Balaban J connectivity index is 1.60. The molecule has 0 aromatic carbocycles. The summed E-state index contributed by atoms with van der Waals surface area (Å²) in [5.74, 6) is 1.19. The fourth-order valence-electron chi connectivity index (χ4n) is 3.03. The third kappa shape index (κ3) is 3.58. The summed E-state index contributed by atoms with van der Waals surface area (Å²) >= 11 is 0. The van der Waals surface area contributed by atoms with Crippen LogP contribution in [0, 0.1) is 6.92 Å². The molecule has 3 rings (SSSR count). The highest BCUT2D eigenvalue weighted by molar-refractivity contribution is 5.90. The molecule has 0 bridgehead atoms. The highest BCUT2D eigenvalue weighted by Crippen LogP contribution is 2.18. The number of piperazine rings is 1. The molecule has 1 atom stereocenters. The van der Waals surface area contributed by atoms with Crippen LogP contribution in [0.3, 0.4) is 0 Å². The zero-order valence-electron chi connectivity index (χ0n) is 14.1. The molecule has 130 valence electrons. The number of carbonyl (C=O) groups is 2. The normalized spacial score (nSPS) is 20.9. The van der Waals surface area contributed by atoms with Gasteiger partial charge < -0.3 is 19.9 Å². The lowest BCUT2D eigenvalue weighted by Crippen LogP contribution is -2.53. The van der Waals surface area contributed by atoms with Crippen LogP contribution in [-0.4, -0.2) is 65.5 Å². The van der Waals surface area contributed by atoms with Crippen LogP contribution in [0.5, 0.6) is 5.88 Å². The van der Waals surface area contributed by atoms with Gasteiger partial charge in [0.2, 0.25) is 23.6 Å². The summed E-state index contributed by atoms with van der Waals surface area (Å²) in [6.45, 7) is 6.94. The van der Waals surface area contributed by atoms with E-state index in [1.165, 1.54) is 0 Å². The first-order chi connectivity index (χ1) is 11.6. The van der Waals surface area contributed by atoms with Crippen LogP contribution in [0.4, 0.5) is 5.95 Å². The Morgan fingerprint density at radius 1 is 1.33 bits per heavy atom. The van der Waals surface area contributed by atoms with Crippen LogP contribution in [-0.2, 0) is 9.59 Å². The van der Waals surface area contributed by atoms with Gasteiger partial charge in [-0.15, -0.1) is 0 Å². The summed E-state index contributed by atoms with van der Waals surface area (Å²) < 4.78 is 5.47. The maximum atomic E-state index is 12.4. The Labute approximate surface area is 141 Å². The maximum Gasteiger partial charge on any atom is 0.245 e. The number of carbonyl (C=O) groups excluding carboxylic acids is 2. The van der Waals surface area contributed by atoms with E-state index in [-0.39, 0.29) is 17.9 Å². The Hall–Kier alpha value is -2.38. The van der Waals surface area contributed by atoms with E-state index in [0.717, 1.165) is 5.69 Å². The van der Waals surface area contributed by atoms with Crippen molar-refractivity contribution in [1.82, 2.24) is 20.2 Å². The summed E-state index contributed by atoms with van der Waals surface area (Å²) in [4.78, 5) is 36.5. The van der Waals surface area contributed by atoms with Crippen molar-refractivity contribution in [3.63, 3.8) is 0 Å². The summed E-state index contributed by atoms with van der Waals surface area (Å²) in [6.07, 6.45) is 1.03. The van der Waals surface area contributed by atoms with Crippen molar-refractivity contribution >= 4 is 17.8 Å². The molecule has 0 spiro atoms. The molecule has 1 aromatic heterocycles. The van der Waals surface area contributed by atoms with Gasteiger partial charge in [0.15, 0.2) is 0 Å². The number of anilines is 1. The molecule has 3 heterocycles. The molecule has 8 heteroatoms. The van der Waals surface area contributed by atoms with Crippen molar-refractivity contribution in [2.45, 2.75) is 32.7 Å². The van der Waals surface area contributed by atoms with Crippen molar-refractivity contribution < 1.29 is 14.3 Å². The van der Waals surface area contributed by atoms with Crippen molar-refractivity contribution in [3.05, 3.63) is 11.8 Å². The molecule has 2 aliphatic heterocycles. The third-order valence-electron chi connectivity index (χ3n) is 4.28. The second-order valence-electron chi connectivity index (χ2n) is 6.05. The molecule has 2 amide bonds. The van der Waals surface area contributed by atoms with Gasteiger partial charge in [0.05, 0.1) is 6.61 Å². The Morgan fingerprint density at radius 3 is 2.71 bits per heavy atom. The van der Waals surface area contributed by atoms with E-state index in [9.17, 15) is 9.59 Å². The van der Waals surface area contributed by atoms with Crippen LogP contribution in [0.1, 0.15) is 25.5 Å². The molecule has 1 N–H and O–H groups in total. The molecule has 0 saturated carbocycles. The molecule has 2 fully saturated rings. The van der Waals surface area contributed by atoms with Crippen LogP contribution >= 0.6 is 0 Å². The summed E-state index contributed by atoms with van der Waals surface area (Å²) in [7, 11) is 0. The first-order valence-electron chi connectivity index (χ1n) is 8.38. The molecule has 1 unspecified atom stereocenters. The summed E-state index contributed by atoms with van der Waals surface area (Å²) in [5, 5.41) is 2.74. The van der Waals surface area contributed by atoms with E-state index < -0.39 is 0 Å². The Bertz CT molecular complexity index is 628. The first kappa shape index (κ1) is 16.5. The number of hydrogen-bond acceptors (Lipinski definition) is 6. The molecule has 24 heavy (non-hydrogen) atoms. The van der Waals surface area contributed by atoms with Gasteiger partial charge in [-0.25, -0.2) is 4.98 Å². The maximum absolute atomic E-state index is 12.4. The standard InChI is InChI=1S/C16H23N5O3/c1-3-24-14-10-11(2)17-16(19-14)21-8-6-20(7-9-21)15(23)12-4-5-13(22)18-12/h10,12H,3-9H2,1-2H3,(H,18,22). The molecular formula is C16H23N5O3. The predicted octanol–water partition coefficient (Wildman–Crippen LogP) is 0.111. The van der Waals surface area contributed by atoms with Crippen LogP contribution < -0.4 is 15.0 Å². The minimum absolute atomic E-state index is 0.0145. The largest absolute Gasteiger partial charge is 0.478 e. The second kappa shape index (κ2) is 7.02. The van der Waals surface area contributed by atoms with Crippen LogP contribution in [0.2, 0.25) is 0 Å². The molecule has 2 aliphatic rings. The number of aromatic nitrogens is 2. The van der Waals surface area contributed by atoms with Gasteiger partial charge in [0.1, 0.15) is 6.04 Å². The van der Waals surface area contributed by atoms with Crippen LogP contribution in [0.25, 0.3) is 0 Å². The predicted molar refractivity (Wildman–Crippen MR) is 87.9 cm³/mol. The van der Waals surface area contributed by atoms with E-state index in [4.69, 9.17) is 4.74 Å². The van der Waals surface area contributed by atoms with E-state index in [1.807, 2.05) is 24.8 Å². The van der Waals surface area contributed by atoms with Gasteiger partial charge in [-0.2, -0.15) is 4.98 Å². The van der Waals surface area contributed by atoms with Crippen molar-refractivity contribution in [1.29, 1.82) is 0 Å². The van der Waals surface area contributed by atoms with Crippen molar-refractivity contribution in [2.24, 2.45) is 0 Å². The quantitative estimate of drug-likeness (QED) is 0.841. The number of rotatable bonds is 4. The molecule has 1 aromatic rings. The number of ether oxygens (including phenoxy) is 1. The van der Waals surface area contributed by atoms with Gasteiger partial charge in [0, 0.05) is 44.4 Å². The lowest BCUT2D eigenvalue weighted by Gasteiger charge is -2.36. The van der Waals surface area contributed by atoms with E-state index >= 15 is 0 Å². The van der Waals surface area contributed by atoms with Crippen molar-refractivity contribution in [2.75, 3.05) is 37.7 Å². The minimum Gasteiger partial charge on any atom is -0.478 e. The van der Waals surface area contributed by atoms with Gasteiger partial charge in [-0.05, 0) is 20.3 Å². The minimum atomic E-state index is -0.358. The first-order valence-corrected chi connectivity index (χ1v) is 8.38. The number of nitrogens with zero attached hydrogens (tertiary/aromatic N) is 4. The third-order valence-corrected chi connectivity index (χ3v) is 4.28. The molecule has 0 aliphatic carbocycles. The number of amides is 2. The van der Waals surface area contributed by atoms with Gasteiger partial charge in [-0.3, -0.25) is 9.59 Å². The molecular weight excluding hydrogens is 310 g/mol. The molecule has 8 nitrogen and oxygen atoms in total. The van der Waals surface area contributed by atoms with Crippen molar-refractivity contribution in [3.8, 4) is 5.88 Å². The SMILES string of the molecule is CCOc1cc(C)nc(N2CCN(C(=O)C3CCC(=O)N3)CC2)n1. The smallest absolute Gasteiger partial charge is 0.245 e. The van der Waals surface area contributed by atoms with E-state index in [0.29, 0.717) is 57.5 Å². The van der Waals surface area contributed by atoms with Gasteiger partial charge in [-0.1, -0.05) is 0 Å². The fourth-order valence-corrected chi connectivity index (χ4v) is 3.03. The molecule has 0 radical (unpaired) electrons. The fraction of sp³-hybridized carbons (Fsp3) is 0.625. The highest BCUT2D eigenvalue weighted by atomic mass is 16.5. The van der Waals surface area contributed by atoms with E-state index in [2.05, 4.69) is 20.2 Å². The highest BCUT2D eigenvalue weighted by Gasteiger charge is 2.32. The monoisotopic (exact) mass is 333 g/mol. The number of hydrogen-bond donors (Lipinski definition) is 1. The number of nitrogens with one attached hydrogen (secondary N) is 1. The molecule has 2 saturated heterocycles. The summed E-state index contributed by atoms with van der Waals surface area (Å²) in [6, 6.07) is 1.46. The average Bonchev–Trinajstić information content (AvgIpc) is 3.00. The van der Waals surface area contributed by atoms with Gasteiger partial charge >= 0.3 is 0 Å².